The molecule has 28 heavy (non-hydrogen) atoms. The highest BCUT2D eigenvalue weighted by Crippen LogP contribution is 2.36. The van der Waals surface area contributed by atoms with Crippen molar-refractivity contribution in [1.29, 1.82) is 0 Å². The van der Waals surface area contributed by atoms with E-state index in [0.717, 1.165) is 12.6 Å². The molecule has 2 aromatic heterocycles. The summed E-state index contributed by atoms with van der Waals surface area (Å²) in [5.41, 5.74) is -1.05. The standard InChI is InChI=1S/C16H11Cl3F3N5O/c1-26-13(16(20,21)22)11(19)12(24-26)15(28)23-14-10(18)7-27(25-14)6-8-4-2-3-5-9(8)17/h2-5,7H,6H2,1H3,(H,23,25,28). The number of rotatable bonds is 4. The first-order valence-electron chi connectivity index (χ1n) is 7.65. The molecule has 3 aromatic rings. The number of halogens is 6. The average molecular weight is 453 g/mol. The normalized spacial score (nSPS) is 11.7. The molecule has 6 nitrogen and oxygen atoms in total. The van der Waals surface area contributed by atoms with Crippen LogP contribution >= 0.6 is 34.8 Å². The molecule has 0 spiro atoms. The number of carbonyl (C=O) groups is 1. The fraction of sp³-hybridized carbons (Fsp3) is 0.188. The van der Waals surface area contributed by atoms with Crippen LogP contribution in [0.5, 0.6) is 0 Å². The summed E-state index contributed by atoms with van der Waals surface area (Å²) < 4.78 is 40.9. The van der Waals surface area contributed by atoms with E-state index in [4.69, 9.17) is 34.8 Å². The number of hydrogen-bond acceptors (Lipinski definition) is 3. The Morgan fingerprint density at radius 3 is 2.43 bits per heavy atom. The van der Waals surface area contributed by atoms with Gasteiger partial charge in [0.05, 0.1) is 6.54 Å². The maximum Gasteiger partial charge on any atom is 0.434 e. The number of nitrogens with zero attached hydrogens (tertiary/aromatic N) is 4. The van der Waals surface area contributed by atoms with Crippen molar-refractivity contribution in [1.82, 2.24) is 19.6 Å². The third-order valence-electron chi connectivity index (χ3n) is 3.71. The molecule has 2 heterocycles. The van der Waals surface area contributed by atoms with Crippen molar-refractivity contribution >= 4 is 46.5 Å². The summed E-state index contributed by atoms with van der Waals surface area (Å²) in [5, 5.41) is 9.78. The van der Waals surface area contributed by atoms with E-state index in [1.54, 1.807) is 24.3 Å². The van der Waals surface area contributed by atoms with Gasteiger partial charge in [-0.15, -0.1) is 0 Å². The van der Waals surface area contributed by atoms with Crippen LogP contribution in [0.25, 0.3) is 0 Å². The van der Waals surface area contributed by atoms with Crippen LogP contribution in [0.4, 0.5) is 19.0 Å². The summed E-state index contributed by atoms with van der Waals surface area (Å²) in [5.74, 6) is -1.02. The van der Waals surface area contributed by atoms with E-state index in [0.29, 0.717) is 9.70 Å². The van der Waals surface area contributed by atoms with Crippen LogP contribution in [0.15, 0.2) is 30.5 Å². The third-order valence-corrected chi connectivity index (χ3v) is 4.72. The van der Waals surface area contributed by atoms with Crippen LogP contribution in [0.2, 0.25) is 15.1 Å². The second-order valence-corrected chi connectivity index (χ2v) is 6.89. The fourth-order valence-corrected chi connectivity index (χ4v) is 3.23. The molecular formula is C16H11Cl3F3N5O. The first kappa shape index (κ1) is 20.5. The molecule has 0 saturated heterocycles. The predicted octanol–water partition coefficient (Wildman–Crippen LogP) is 4.90. The van der Waals surface area contributed by atoms with Gasteiger partial charge in [-0.3, -0.25) is 14.2 Å². The van der Waals surface area contributed by atoms with Gasteiger partial charge in [0.2, 0.25) is 0 Å². The Morgan fingerprint density at radius 1 is 1.14 bits per heavy atom. The van der Waals surface area contributed by atoms with E-state index in [2.05, 4.69) is 15.5 Å². The van der Waals surface area contributed by atoms with Crippen molar-refractivity contribution in [2.75, 3.05) is 5.32 Å². The van der Waals surface area contributed by atoms with Crippen molar-refractivity contribution < 1.29 is 18.0 Å². The largest absolute Gasteiger partial charge is 0.434 e. The molecule has 3 rings (SSSR count). The van der Waals surface area contributed by atoms with E-state index in [-0.39, 0.29) is 17.4 Å². The van der Waals surface area contributed by atoms with Gasteiger partial charge in [0, 0.05) is 18.3 Å². The summed E-state index contributed by atoms with van der Waals surface area (Å²) in [6.45, 7) is 0.276. The van der Waals surface area contributed by atoms with Crippen LogP contribution in [0.1, 0.15) is 21.7 Å². The number of hydrogen-bond donors (Lipinski definition) is 1. The van der Waals surface area contributed by atoms with Gasteiger partial charge >= 0.3 is 6.18 Å². The number of nitrogens with one attached hydrogen (secondary N) is 1. The first-order valence-corrected chi connectivity index (χ1v) is 8.78. The van der Waals surface area contributed by atoms with Gasteiger partial charge in [0.15, 0.2) is 17.2 Å². The Balaban J connectivity index is 1.82. The summed E-state index contributed by atoms with van der Waals surface area (Å²) in [6, 6.07) is 7.09. The number of aryl methyl sites for hydroxylation is 1. The quantitative estimate of drug-likeness (QED) is 0.613. The molecule has 0 fully saturated rings. The molecule has 0 radical (unpaired) electrons. The Morgan fingerprint density at radius 2 is 1.82 bits per heavy atom. The van der Waals surface area contributed by atoms with Crippen molar-refractivity contribution in [3.05, 3.63) is 62.5 Å². The third kappa shape index (κ3) is 4.11. The molecule has 0 bridgehead atoms. The maximum atomic E-state index is 13.0. The second kappa shape index (κ2) is 7.65. The lowest BCUT2D eigenvalue weighted by atomic mass is 10.2. The number of carbonyl (C=O) groups excluding carboxylic acids is 1. The number of benzene rings is 1. The van der Waals surface area contributed by atoms with Gasteiger partial charge in [-0.1, -0.05) is 53.0 Å². The lowest BCUT2D eigenvalue weighted by Gasteiger charge is -2.06. The van der Waals surface area contributed by atoms with Gasteiger partial charge in [-0.05, 0) is 11.6 Å². The van der Waals surface area contributed by atoms with Crippen LogP contribution in [0.3, 0.4) is 0 Å². The van der Waals surface area contributed by atoms with Crippen LogP contribution in [-0.4, -0.2) is 25.5 Å². The average Bonchev–Trinajstić information content (AvgIpc) is 3.08. The van der Waals surface area contributed by atoms with Crippen LogP contribution < -0.4 is 5.32 Å². The Hall–Kier alpha value is -2.23. The van der Waals surface area contributed by atoms with Crippen molar-refractivity contribution in [2.24, 2.45) is 7.05 Å². The molecule has 148 valence electrons. The number of amides is 1. The number of aromatic nitrogens is 4. The molecule has 0 unspecified atom stereocenters. The Bertz CT molecular complexity index is 1040. The molecule has 1 N–H and O–H groups in total. The zero-order valence-electron chi connectivity index (χ0n) is 14.1. The van der Waals surface area contributed by atoms with Gasteiger partial charge < -0.3 is 5.32 Å². The molecule has 0 aliphatic rings. The van der Waals surface area contributed by atoms with E-state index in [1.165, 1.54) is 10.9 Å². The fourth-order valence-electron chi connectivity index (χ4n) is 2.48. The van der Waals surface area contributed by atoms with Crippen LogP contribution in [0, 0.1) is 0 Å². The highest BCUT2D eigenvalue weighted by molar-refractivity contribution is 6.36. The first-order chi connectivity index (χ1) is 13.1. The van der Waals surface area contributed by atoms with Crippen LogP contribution in [-0.2, 0) is 19.8 Å². The van der Waals surface area contributed by atoms with Gasteiger partial charge in [0.25, 0.3) is 5.91 Å². The lowest BCUT2D eigenvalue weighted by Crippen LogP contribution is -2.14. The van der Waals surface area contributed by atoms with E-state index in [1.807, 2.05) is 0 Å². The molecule has 1 aromatic carbocycles. The lowest BCUT2D eigenvalue weighted by molar-refractivity contribution is -0.143. The monoisotopic (exact) mass is 451 g/mol. The van der Waals surface area contributed by atoms with Crippen molar-refractivity contribution in [3.8, 4) is 0 Å². The zero-order valence-corrected chi connectivity index (χ0v) is 16.3. The SMILES string of the molecule is Cn1nc(C(=O)Nc2nn(Cc3ccccc3Cl)cc2Cl)c(Cl)c1C(F)(F)F. The molecule has 0 atom stereocenters. The Kier molecular flexibility index (Phi) is 5.60. The summed E-state index contributed by atoms with van der Waals surface area (Å²) >= 11 is 17.9. The minimum Gasteiger partial charge on any atom is -0.302 e. The molecule has 1 amide bonds. The highest BCUT2D eigenvalue weighted by atomic mass is 35.5. The second-order valence-electron chi connectivity index (χ2n) is 5.70. The van der Waals surface area contributed by atoms with E-state index in [9.17, 15) is 18.0 Å². The maximum absolute atomic E-state index is 13.0. The molecular weight excluding hydrogens is 442 g/mol. The summed E-state index contributed by atoms with van der Waals surface area (Å²) in [6.07, 6.45) is -3.31. The molecule has 0 saturated carbocycles. The minimum absolute atomic E-state index is 0.0472. The van der Waals surface area contributed by atoms with Gasteiger partial charge in [-0.25, -0.2) is 0 Å². The smallest absolute Gasteiger partial charge is 0.302 e. The van der Waals surface area contributed by atoms with E-state index >= 15 is 0 Å². The minimum atomic E-state index is -4.76. The molecule has 0 aliphatic carbocycles. The summed E-state index contributed by atoms with van der Waals surface area (Å²) in [4.78, 5) is 12.3. The summed E-state index contributed by atoms with van der Waals surface area (Å²) in [7, 11) is 1.04. The zero-order chi connectivity index (χ0) is 20.6. The predicted molar refractivity (Wildman–Crippen MR) is 99.0 cm³/mol. The molecule has 0 aliphatic heterocycles. The van der Waals surface area contributed by atoms with Crippen molar-refractivity contribution in [3.63, 3.8) is 0 Å². The molecule has 12 heteroatoms. The highest BCUT2D eigenvalue weighted by Gasteiger charge is 2.40. The Labute approximate surface area is 171 Å². The van der Waals surface area contributed by atoms with Crippen molar-refractivity contribution in [2.45, 2.75) is 12.7 Å². The van der Waals surface area contributed by atoms with Gasteiger partial charge in [0.1, 0.15) is 10.0 Å². The number of alkyl halides is 3. The number of anilines is 1. The van der Waals surface area contributed by atoms with E-state index < -0.39 is 28.5 Å². The van der Waals surface area contributed by atoms with Gasteiger partial charge in [-0.2, -0.15) is 23.4 Å². The topological polar surface area (TPSA) is 64.7 Å².